The lowest BCUT2D eigenvalue weighted by Crippen LogP contribution is -2.45. The molecule has 23 heavy (non-hydrogen) atoms. The minimum atomic E-state index is -0.903. The Morgan fingerprint density at radius 3 is 2.52 bits per heavy atom. The number of carbonyl (C=O) groups is 2. The fourth-order valence-electron chi connectivity index (χ4n) is 2.30. The van der Waals surface area contributed by atoms with Crippen LogP contribution in [0.4, 0.5) is 11.4 Å². The van der Waals surface area contributed by atoms with Gasteiger partial charge in [-0.1, -0.05) is 17.7 Å². The van der Waals surface area contributed by atoms with Crippen LogP contribution in [0, 0.1) is 6.92 Å². The summed E-state index contributed by atoms with van der Waals surface area (Å²) in [7, 11) is 0. The third-order valence-corrected chi connectivity index (χ3v) is 3.71. The van der Waals surface area contributed by atoms with Crippen LogP contribution < -0.4 is 15.4 Å². The number of rotatable bonds is 2. The van der Waals surface area contributed by atoms with E-state index in [1.54, 1.807) is 44.2 Å². The number of benzene rings is 2. The molecule has 3 rings (SSSR count). The molecule has 0 unspecified atom stereocenters. The van der Waals surface area contributed by atoms with Gasteiger partial charge in [-0.3, -0.25) is 9.59 Å². The number of aryl methyl sites for hydroxylation is 1. The number of amides is 2. The predicted molar refractivity (Wildman–Crippen MR) is 88.9 cm³/mol. The third kappa shape index (κ3) is 3.04. The highest BCUT2D eigenvalue weighted by Gasteiger charge is 2.35. The van der Waals surface area contributed by atoms with Gasteiger partial charge in [-0.2, -0.15) is 0 Å². The summed E-state index contributed by atoms with van der Waals surface area (Å²) in [6.45, 7) is 5.38. The number of hydrogen-bond acceptors (Lipinski definition) is 3. The Labute approximate surface area is 134 Å². The van der Waals surface area contributed by atoms with Crippen molar-refractivity contribution < 1.29 is 14.3 Å². The van der Waals surface area contributed by atoms with Gasteiger partial charge in [0.05, 0.1) is 5.69 Å². The largest absolute Gasteiger partial charge is 0.476 e. The zero-order chi connectivity index (χ0) is 16.6. The van der Waals surface area contributed by atoms with Crippen LogP contribution in [0.15, 0.2) is 42.5 Å². The number of carbonyl (C=O) groups excluding carboxylic acids is 2. The summed E-state index contributed by atoms with van der Waals surface area (Å²) in [6.07, 6.45) is 0. The summed E-state index contributed by atoms with van der Waals surface area (Å²) in [4.78, 5) is 24.2. The second kappa shape index (κ2) is 5.43. The molecule has 0 aromatic heterocycles. The van der Waals surface area contributed by atoms with Gasteiger partial charge in [0.1, 0.15) is 5.75 Å². The molecule has 118 valence electrons. The quantitative estimate of drug-likeness (QED) is 0.894. The molecule has 0 atom stereocenters. The first-order valence-corrected chi connectivity index (χ1v) is 7.38. The van der Waals surface area contributed by atoms with Crippen LogP contribution in [0.3, 0.4) is 0 Å². The van der Waals surface area contributed by atoms with Crippen LogP contribution >= 0.6 is 0 Å². The van der Waals surface area contributed by atoms with Gasteiger partial charge in [0.2, 0.25) is 0 Å². The van der Waals surface area contributed by atoms with Crippen LogP contribution in [0.1, 0.15) is 29.8 Å². The van der Waals surface area contributed by atoms with Gasteiger partial charge >= 0.3 is 0 Å². The van der Waals surface area contributed by atoms with Crippen molar-refractivity contribution in [1.82, 2.24) is 0 Å². The van der Waals surface area contributed by atoms with Crippen molar-refractivity contribution in [2.75, 3.05) is 10.6 Å². The van der Waals surface area contributed by atoms with Gasteiger partial charge in [-0.05, 0) is 51.1 Å². The maximum atomic E-state index is 12.2. The van der Waals surface area contributed by atoms with Gasteiger partial charge in [0.15, 0.2) is 5.60 Å². The smallest absolute Gasteiger partial charge is 0.268 e. The number of nitrogens with one attached hydrogen (secondary N) is 2. The summed E-state index contributed by atoms with van der Waals surface area (Å²) in [6, 6.07) is 12.5. The Bertz CT molecular complexity index is 779. The average molecular weight is 310 g/mol. The monoisotopic (exact) mass is 310 g/mol. The van der Waals surface area contributed by atoms with Gasteiger partial charge in [0, 0.05) is 11.3 Å². The Kier molecular flexibility index (Phi) is 3.56. The molecular formula is C18H18N2O3. The summed E-state index contributed by atoms with van der Waals surface area (Å²) >= 11 is 0. The first-order valence-electron chi connectivity index (χ1n) is 7.38. The van der Waals surface area contributed by atoms with E-state index in [9.17, 15) is 9.59 Å². The summed E-state index contributed by atoms with van der Waals surface area (Å²) in [5.41, 5.74) is 1.92. The predicted octanol–water partition coefficient (Wildman–Crippen LogP) is 3.36. The summed E-state index contributed by atoms with van der Waals surface area (Å²) in [5.74, 6) is 0.170. The molecule has 1 aliphatic heterocycles. The highest BCUT2D eigenvalue weighted by atomic mass is 16.5. The lowest BCUT2D eigenvalue weighted by atomic mass is 10.1. The SMILES string of the molecule is Cc1ccc(C(=O)Nc2ccc3c(c2)NC(=O)C(C)(C)O3)cc1. The molecule has 5 nitrogen and oxygen atoms in total. The second-order valence-electron chi connectivity index (χ2n) is 6.10. The van der Waals surface area contributed by atoms with Crippen LogP contribution in [0.5, 0.6) is 5.75 Å². The van der Waals surface area contributed by atoms with Crippen LogP contribution in [0.2, 0.25) is 0 Å². The molecule has 5 heteroatoms. The molecular weight excluding hydrogens is 292 g/mol. The Balaban J connectivity index is 1.80. The minimum absolute atomic E-state index is 0.201. The van der Waals surface area contributed by atoms with E-state index in [4.69, 9.17) is 4.74 Å². The van der Waals surface area contributed by atoms with Gasteiger partial charge in [-0.15, -0.1) is 0 Å². The van der Waals surface area contributed by atoms with E-state index >= 15 is 0 Å². The van der Waals surface area contributed by atoms with E-state index < -0.39 is 5.60 Å². The van der Waals surface area contributed by atoms with E-state index in [2.05, 4.69) is 10.6 Å². The van der Waals surface area contributed by atoms with Crippen LogP contribution in [-0.4, -0.2) is 17.4 Å². The van der Waals surface area contributed by atoms with E-state index in [1.807, 2.05) is 19.1 Å². The lowest BCUT2D eigenvalue weighted by molar-refractivity contribution is -0.129. The fraction of sp³-hybridized carbons (Fsp3) is 0.222. The van der Waals surface area contributed by atoms with Crippen molar-refractivity contribution in [3.63, 3.8) is 0 Å². The molecule has 0 saturated carbocycles. The van der Waals surface area contributed by atoms with Crippen molar-refractivity contribution >= 4 is 23.2 Å². The van der Waals surface area contributed by atoms with Crippen molar-refractivity contribution in [3.8, 4) is 5.75 Å². The van der Waals surface area contributed by atoms with Crippen LogP contribution in [-0.2, 0) is 4.79 Å². The van der Waals surface area contributed by atoms with E-state index in [0.29, 0.717) is 22.7 Å². The number of hydrogen-bond donors (Lipinski definition) is 2. The highest BCUT2D eigenvalue weighted by Crippen LogP contribution is 2.35. The van der Waals surface area contributed by atoms with Gasteiger partial charge in [-0.25, -0.2) is 0 Å². The van der Waals surface area contributed by atoms with E-state index in [-0.39, 0.29) is 11.8 Å². The van der Waals surface area contributed by atoms with E-state index in [0.717, 1.165) is 5.56 Å². The third-order valence-electron chi connectivity index (χ3n) is 3.71. The zero-order valence-electron chi connectivity index (χ0n) is 13.3. The summed E-state index contributed by atoms with van der Waals surface area (Å²) in [5, 5.41) is 5.61. The molecule has 0 bridgehead atoms. The zero-order valence-corrected chi connectivity index (χ0v) is 13.3. The van der Waals surface area contributed by atoms with Gasteiger partial charge < -0.3 is 15.4 Å². The maximum Gasteiger partial charge on any atom is 0.268 e. The molecule has 2 aromatic rings. The normalized spacial score (nSPS) is 15.2. The molecule has 2 amide bonds. The van der Waals surface area contributed by atoms with E-state index in [1.165, 1.54) is 0 Å². The number of ether oxygens (including phenoxy) is 1. The maximum absolute atomic E-state index is 12.2. The molecule has 0 saturated heterocycles. The minimum Gasteiger partial charge on any atom is -0.476 e. The molecule has 0 radical (unpaired) electrons. The van der Waals surface area contributed by atoms with Crippen molar-refractivity contribution in [1.29, 1.82) is 0 Å². The summed E-state index contributed by atoms with van der Waals surface area (Å²) < 4.78 is 5.66. The number of fused-ring (bicyclic) bond motifs is 1. The highest BCUT2D eigenvalue weighted by molar-refractivity contribution is 6.05. The van der Waals surface area contributed by atoms with Crippen molar-refractivity contribution in [3.05, 3.63) is 53.6 Å². The topological polar surface area (TPSA) is 67.4 Å². The fourth-order valence-corrected chi connectivity index (χ4v) is 2.30. The molecule has 1 aliphatic rings. The second-order valence-corrected chi connectivity index (χ2v) is 6.10. The standard InChI is InChI=1S/C18H18N2O3/c1-11-4-6-12(7-5-11)16(21)19-13-8-9-15-14(10-13)20-17(22)18(2,3)23-15/h4-10H,1-3H3,(H,19,21)(H,20,22). The Morgan fingerprint density at radius 2 is 1.83 bits per heavy atom. The Hall–Kier alpha value is -2.82. The Morgan fingerprint density at radius 1 is 1.13 bits per heavy atom. The molecule has 2 aromatic carbocycles. The lowest BCUT2D eigenvalue weighted by Gasteiger charge is -2.31. The molecule has 0 spiro atoms. The molecule has 2 N–H and O–H groups in total. The molecule has 0 aliphatic carbocycles. The number of anilines is 2. The molecule has 1 heterocycles. The first kappa shape index (κ1) is 15.1. The van der Waals surface area contributed by atoms with Gasteiger partial charge in [0.25, 0.3) is 11.8 Å². The van der Waals surface area contributed by atoms with Crippen LogP contribution in [0.25, 0.3) is 0 Å². The first-order chi connectivity index (χ1) is 10.8. The van der Waals surface area contributed by atoms with Crippen molar-refractivity contribution in [2.24, 2.45) is 0 Å². The average Bonchev–Trinajstić information content (AvgIpc) is 2.49. The molecule has 0 fully saturated rings. The van der Waals surface area contributed by atoms with Crippen molar-refractivity contribution in [2.45, 2.75) is 26.4 Å².